The number of rotatable bonds is 5. The predicted molar refractivity (Wildman–Crippen MR) is 79.9 cm³/mol. The van der Waals surface area contributed by atoms with Gasteiger partial charge in [0.1, 0.15) is 5.69 Å². The number of thiazole rings is 1. The van der Waals surface area contributed by atoms with Crippen molar-refractivity contribution < 1.29 is 9.90 Å². The van der Waals surface area contributed by atoms with E-state index in [0.29, 0.717) is 12.1 Å². The number of nitrogens with zero attached hydrogens (tertiary/aromatic N) is 2. The number of hydrogen-bond acceptors (Lipinski definition) is 4. The maximum Gasteiger partial charge on any atom is 0.268 e. The minimum Gasteiger partial charge on any atom is -0.394 e. The van der Waals surface area contributed by atoms with Crippen molar-refractivity contribution in [1.29, 1.82) is 0 Å². The third-order valence-electron chi connectivity index (χ3n) is 3.20. The molecule has 0 unspecified atom stereocenters. The van der Waals surface area contributed by atoms with Crippen LogP contribution < -0.4 is 5.32 Å². The zero-order chi connectivity index (χ0) is 14.7. The number of aromatic nitrogens is 2. The summed E-state index contributed by atoms with van der Waals surface area (Å²) < 4.78 is 1.78. The number of hydrogen-bond donors (Lipinski definition) is 2. The first kappa shape index (κ1) is 14.7. The normalized spacial score (nSPS) is 12.4. The van der Waals surface area contributed by atoms with Crippen LogP contribution in [0.3, 0.4) is 0 Å². The average molecular weight is 293 g/mol. The highest BCUT2D eigenvalue weighted by Gasteiger charge is 2.16. The fourth-order valence-electron chi connectivity index (χ4n) is 1.96. The lowest BCUT2D eigenvalue weighted by atomic mass is 10.2. The second-order valence-corrected chi connectivity index (χ2v) is 5.80. The molecule has 0 saturated heterocycles. The van der Waals surface area contributed by atoms with Gasteiger partial charge >= 0.3 is 0 Å². The Morgan fingerprint density at radius 2 is 2.35 bits per heavy atom. The van der Waals surface area contributed by atoms with Crippen molar-refractivity contribution in [2.45, 2.75) is 26.3 Å². The third-order valence-corrected chi connectivity index (χ3v) is 3.97. The van der Waals surface area contributed by atoms with Gasteiger partial charge in [0.25, 0.3) is 5.91 Å². The minimum absolute atomic E-state index is 0.0508. The molecule has 2 rings (SSSR count). The Kier molecular flexibility index (Phi) is 4.57. The number of aryl methyl sites for hydroxylation is 2. The van der Waals surface area contributed by atoms with Crippen LogP contribution in [0.25, 0.3) is 11.3 Å². The molecule has 0 radical (unpaired) electrons. The molecule has 0 aromatic carbocycles. The monoisotopic (exact) mass is 293 g/mol. The van der Waals surface area contributed by atoms with Crippen molar-refractivity contribution in [3.63, 3.8) is 0 Å². The Hall–Kier alpha value is -1.66. The van der Waals surface area contributed by atoms with Gasteiger partial charge in [-0.25, -0.2) is 4.98 Å². The lowest BCUT2D eigenvalue weighted by Crippen LogP contribution is -2.37. The molecule has 0 bridgehead atoms. The van der Waals surface area contributed by atoms with E-state index in [4.69, 9.17) is 5.11 Å². The minimum atomic E-state index is -0.206. The summed E-state index contributed by atoms with van der Waals surface area (Å²) in [6.07, 6.45) is 2.59. The first-order valence-electron chi connectivity index (χ1n) is 6.55. The Morgan fingerprint density at radius 1 is 1.60 bits per heavy atom. The van der Waals surface area contributed by atoms with E-state index in [0.717, 1.165) is 16.3 Å². The molecular weight excluding hydrogens is 274 g/mol. The van der Waals surface area contributed by atoms with E-state index in [2.05, 4.69) is 10.3 Å². The lowest BCUT2D eigenvalue weighted by molar-refractivity contribution is 0.0906. The molecular formula is C14H19N3O2S. The van der Waals surface area contributed by atoms with Gasteiger partial charge in [0.15, 0.2) is 0 Å². The van der Waals surface area contributed by atoms with Gasteiger partial charge in [0, 0.05) is 24.2 Å². The summed E-state index contributed by atoms with van der Waals surface area (Å²) in [5.41, 5.74) is 2.38. The van der Waals surface area contributed by atoms with Gasteiger partial charge in [-0.1, -0.05) is 6.92 Å². The van der Waals surface area contributed by atoms with E-state index in [-0.39, 0.29) is 18.6 Å². The van der Waals surface area contributed by atoms with E-state index in [1.165, 1.54) is 0 Å². The van der Waals surface area contributed by atoms with Gasteiger partial charge in [0.2, 0.25) is 0 Å². The summed E-state index contributed by atoms with van der Waals surface area (Å²) in [5, 5.41) is 14.9. The van der Waals surface area contributed by atoms with Crippen molar-refractivity contribution in [2.24, 2.45) is 7.05 Å². The van der Waals surface area contributed by atoms with E-state index in [9.17, 15) is 4.79 Å². The molecule has 0 fully saturated rings. The molecule has 2 heterocycles. The highest BCUT2D eigenvalue weighted by atomic mass is 32.1. The quantitative estimate of drug-likeness (QED) is 0.885. The molecule has 1 amide bonds. The topological polar surface area (TPSA) is 67.2 Å². The van der Waals surface area contributed by atoms with E-state index in [1.807, 2.05) is 38.5 Å². The SMILES string of the molecule is CC[C@@H](CO)NC(=O)c1cc(-c2csc(C)n2)cn1C. The van der Waals surface area contributed by atoms with Crippen molar-refractivity contribution in [3.05, 3.63) is 28.3 Å². The van der Waals surface area contributed by atoms with Crippen LogP contribution in [0.1, 0.15) is 28.8 Å². The summed E-state index contributed by atoms with van der Waals surface area (Å²) >= 11 is 1.59. The van der Waals surface area contributed by atoms with Crippen LogP contribution in [0.4, 0.5) is 0 Å². The fourth-order valence-corrected chi connectivity index (χ4v) is 2.58. The summed E-state index contributed by atoms with van der Waals surface area (Å²) in [7, 11) is 1.83. The van der Waals surface area contributed by atoms with Gasteiger partial charge in [0.05, 0.1) is 23.4 Å². The molecule has 2 N–H and O–H groups in total. The molecule has 1 atom stereocenters. The summed E-state index contributed by atoms with van der Waals surface area (Å²) in [4.78, 5) is 16.6. The predicted octanol–water partition coefficient (Wildman–Crippen LogP) is 1.96. The first-order valence-corrected chi connectivity index (χ1v) is 7.43. The van der Waals surface area contributed by atoms with Crippen molar-refractivity contribution in [2.75, 3.05) is 6.61 Å². The maximum atomic E-state index is 12.2. The van der Waals surface area contributed by atoms with Crippen molar-refractivity contribution >= 4 is 17.2 Å². The van der Waals surface area contributed by atoms with Gasteiger partial charge in [-0.15, -0.1) is 11.3 Å². The van der Waals surface area contributed by atoms with Gasteiger partial charge in [-0.05, 0) is 19.4 Å². The van der Waals surface area contributed by atoms with Crippen LogP contribution >= 0.6 is 11.3 Å². The molecule has 5 nitrogen and oxygen atoms in total. The van der Waals surface area contributed by atoms with Gasteiger partial charge in [-0.2, -0.15) is 0 Å². The molecule has 6 heteroatoms. The molecule has 2 aromatic rings. The Morgan fingerprint density at radius 3 is 2.90 bits per heavy atom. The van der Waals surface area contributed by atoms with Gasteiger partial charge < -0.3 is 15.0 Å². The lowest BCUT2D eigenvalue weighted by Gasteiger charge is -2.13. The summed E-state index contributed by atoms with van der Waals surface area (Å²) in [6.45, 7) is 3.83. The summed E-state index contributed by atoms with van der Waals surface area (Å²) in [6, 6.07) is 1.62. The number of amides is 1. The number of carbonyl (C=O) groups is 1. The molecule has 0 aliphatic rings. The second kappa shape index (κ2) is 6.19. The van der Waals surface area contributed by atoms with Crippen LogP contribution in [0.15, 0.2) is 17.6 Å². The van der Waals surface area contributed by atoms with Crippen LogP contribution in [0.2, 0.25) is 0 Å². The zero-order valence-electron chi connectivity index (χ0n) is 11.9. The second-order valence-electron chi connectivity index (χ2n) is 4.74. The smallest absolute Gasteiger partial charge is 0.268 e. The third kappa shape index (κ3) is 3.08. The number of carbonyl (C=O) groups excluding carboxylic acids is 1. The van der Waals surface area contributed by atoms with Gasteiger partial charge in [-0.3, -0.25) is 4.79 Å². The molecule has 108 valence electrons. The number of aliphatic hydroxyl groups is 1. The highest BCUT2D eigenvalue weighted by molar-refractivity contribution is 7.09. The summed E-state index contributed by atoms with van der Waals surface area (Å²) in [5.74, 6) is -0.174. The molecule has 20 heavy (non-hydrogen) atoms. The number of nitrogens with one attached hydrogen (secondary N) is 1. The maximum absolute atomic E-state index is 12.2. The van der Waals surface area contributed by atoms with E-state index < -0.39 is 0 Å². The molecule has 0 spiro atoms. The fraction of sp³-hybridized carbons (Fsp3) is 0.429. The average Bonchev–Trinajstić information content (AvgIpc) is 3.01. The number of aliphatic hydroxyl groups excluding tert-OH is 1. The molecule has 2 aromatic heterocycles. The zero-order valence-corrected chi connectivity index (χ0v) is 12.7. The Balaban J connectivity index is 2.21. The van der Waals surface area contributed by atoms with Crippen LogP contribution in [-0.4, -0.2) is 33.2 Å². The van der Waals surface area contributed by atoms with Crippen molar-refractivity contribution in [1.82, 2.24) is 14.9 Å². The molecule has 0 saturated carbocycles. The van der Waals surface area contributed by atoms with Crippen LogP contribution in [0, 0.1) is 6.92 Å². The standard InChI is InChI=1S/C14H19N3O2S/c1-4-11(7-18)16-14(19)13-5-10(6-17(13)3)12-8-20-9(2)15-12/h5-6,8,11,18H,4,7H2,1-3H3,(H,16,19)/t11-/m0/s1. The largest absolute Gasteiger partial charge is 0.394 e. The Labute approximate surface area is 122 Å². The Bertz CT molecular complexity index is 599. The highest BCUT2D eigenvalue weighted by Crippen LogP contribution is 2.23. The van der Waals surface area contributed by atoms with E-state index >= 15 is 0 Å². The molecule has 0 aliphatic heterocycles. The van der Waals surface area contributed by atoms with E-state index in [1.54, 1.807) is 15.9 Å². The van der Waals surface area contributed by atoms with Crippen LogP contribution in [0.5, 0.6) is 0 Å². The van der Waals surface area contributed by atoms with Crippen LogP contribution in [-0.2, 0) is 7.05 Å². The van der Waals surface area contributed by atoms with Crippen molar-refractivity contribution in [3.8, 4) is 11.3 Å². The molecule has 0 aliphatic carbocycles. The first-order chi connectivity index (χ1) is 9.55.